The second kappa shape index (κ2) is 10.9. The van der Waals surface area contributed by atoms with E-state index in [-0.39, 0.29) is 12.5 Å². The van der Waals surface area contributed by atoms with Gasteiger partial charge in [-0.25, -0.2) is 8.42 Å². The lowest BCUT2D eigenvalue weighted by Gasteiger charge is -2.34. The van der Waals surface area contributed by atoms with Gasteiger partial charge in [-0.15, -0.1) is 0 Å². The summed E-state index contributed by atoms with van der Waals surface area (Å²) in [6.45, 7) is 9.11. The van der Waals surface area contributed by atoms with Crippen molar-refractivity contribution in [3.05, 3.63) is 54.1 Å². The molecular formula is C25H34N4O4S. The number of carbonyl (C=O) groups excluding carboxylic acids is 1. The molecule has 9 heteroatoms. The monoisotopic (exact) mass is 486 g/mol. The molecule has 0 atom stereocenters. The molecule has 2 saturated heterocycles. The van der Waals surface area contributed by atoms with Gasteiger partial charge in [0, 0.05) is 39.3 Å². The van der Waals surface area contributed by atoms with Crippen molar-refractivity contribution in [2.75, 3.05) is 69.2 Å². The summed E-state index contributed by atoms with van der Waals surface area (Å²) in [5.41, 5.74) is 2.91. The summed E-state index contributed by atoms with van der Waals surface area (Å²) in [4.78, 5) is 17.3. The van der Waals surface area contributed by atoms with Gasteiger partial charge in [-0.3, -0.25) is 9.69 Å². The number of sulfonamides is 1. The first-order valence-corrected chi connectivity index (χ1v) is 13.3. The van der Waals surface area contributed by atoms with Gasteiger partial charge in [-0.1, -0.05) is 38.1 Å². The molecule has 0 unspecified atom stereocenters. The van der Waals surface area contributed by atoms with Crippen molar-refractivity contribution in [2.24, 2.45) is 0 Å². The first-order chi connectivity index (χ1) is 16.3. The van der Waals surface area contributed by atoms with Crippen LogP contribution in [0.5, 0.6) is 0 Å². The SMILES string of the molecule is CC(C)c1ccc(S(=O)(=O)N2CCN(CC(=O)Nc3ccccc3N3CCOCC3)CC2)cc1. The second-order valence-electron chi connectivity index (χ2n) is 9.07. The Morgan fingerprint density at radius 3 is 2.24 bits per heavy atom. The Morgan fingerprint density at radius 2 is 1.59 bits per heavy atom. The molecule has 2 aromatic rings. The van der Waals surface area contributed by atoms with Crippen molar-refractivity contribution in [2.45, 2.75) is 24.7 Å². The van der Waals surface area contributed by atoms with Gasteiger partial charge in [0.15, 0.2) is 0 Å². The quantitative estimate of drug-likeness (QED) is 0.648. The second-order valence-corrected chi connectivity index (χ2v) is 11.0. The molecule has 2 fully saturated rings. The molecule has 2 aliphatic rings. The number of rotatable bonds is 7. The van der Waals surface area contributed by atoms with E-state index in [1.165, 1.54) is 4.31 Å². The van der Waals surface area contributed by atoms with Crippen molar-refractivity contribution >= 4 is 27.3 Å². The maximum Gasteiger partial charge on any atom is 0.243 e. The van der Waals surface area contributed by atoms with Gasteiger partial charge >= 0.3 is 0 Å². The lowest BCUT2D eigenvalue weighted by atomic mass is 10.0. The van der Waals surface area contributed by atoms with Crippen LogP contribution in [0.4, 0.5) is 11.4 Å². The van der Waals surface area contributed by atoms with Crippen LogP contribution < -0.4 is 10.2 Å². The van der Waals surface area contributed by atoms with E-state index >= 15 is 0 Å². The summed E-state index contributed by atoms with van der Waals surface area (Å²) in [5, 5.41) is 3.04. The third-order valence-electron chi connectivity index (χ3n) is 6.41. The van der Waals surface area contributed by atoms with Gasteiger partial charge in [0.05, 0.1) is 36.0 Å². The summed E-state index contributed by atoms with van der Waals surface area (Å²) < 4.78 is 33.0. The van der Waals surface area contributed by atoms with Crippen LogP contribution in [-0.2, 0) is 19.6 Å². The van der Waals surface area contributed by atoms with Crippen LogP contribution in [0.2, 0.25) is 0 Å². The van der Waals surface area contributed by atoms with Crippen molar-refractivity contribution in [1.29, 1.82) is 0 Å². The van der Waals surface area contributed by atoms with E-state index in [4.69, 9.17) is 4.74 Å². The summed E-state index contributed by atoms with van der Waals surface area (Å²) in [6.07, 6.45) is 0. The Balaban J connectivity index is 1.32. The molecule has 2 aliphatic heterocycles. The zero-order valence-electron chi connectivity index (χ0n) is 19.9. The molecule has 0 aromatic heterocycles. The van der Waals surface area contributed by atoms with Gasteiger partial charge in [-0.2, -0.15) is 4.31 Å². The number of hydrogen-bond donors (Lipinski definition) is 1. The van der Waals surface area contributed by atoms with Gasteiger partial charge in [0.1, 0.15) is 0 Å². The van der Waals surface area contributed by atoms with E-state index < -0.39 is 10.0 Å². The summed E-state index contributed by atoms with van der Waals surface area (Å²) in [7, 11) is -3.53. The number of para-hydroxylation sites is 2. The molecule has 0 bridgehead atoms. The minimum absolute atomic E-state index is 0.0960. The van der Waals surface area contributed by atoms with E-state index in [1.807, 2.05) is 41.3 Å². The van der Waals surface area contributed by atoms with Crippen molar-refractivity contribution in [1.82, 2.24) is 9.21 Å². The fourth-order valence-electron chi connectivity index (χ4n) is 4.35. The number of piperazine rings is 1. The van der Waals surface area contributed by atoms with Crippen molar-refractivity contribution in [3.63, 3.8) is 0 Å². The topological polar surface area (TPSA) is 82.2 Å². The van der Waals surface area contributed by atoms with Crippen LogP contribution in [0, 0.1) is 0 Å². The average molecular weight is 487 g/mol. The highest BCUT2D eigenvalue weighted by Crippen LogP contribution is 2.26. The highest BCUT2D eigenvalue weighted by molar-refractivity contribution is 7.89. The van der Waals surface area contributed by atoms with E-state index in [2.05, 4.69) is 24.1 Å². The zero-order chi connectivity index (χ0) is 24.1. The number of hydrogen-bond acceptors (Lipinski definition) is 6. The number of carbonyl (C=O) groups is 1. The smallest absolute Gasteiger partial charge is 0.243 e. The number of nitrogens with zero attached hydrogens (tertiary/aromatic N) is 3. The molecule has 0 radical (unpaired) electrons. The van der Waals surface area contributed by atoms with Gasteiger partial charge < -0.3 is 15.0 Å². The lowest BCUT2D eigenvalue weighted by molar-refractivity contribution is -0.117. The van der Waals surface area contributed by atoms with Crippen LogP contribution in [0.1, 0.15) is 25.3 Å². The maximum absolute atomic E-state index is 13.0. The molecular weight excluding hydrogens is 452 g/mol. The fraction of sp³-hybridized carbons (Fsp3) is 0.480. The van der Waals surface area contributed by atoms with Gasteiger partial charge in [0.25, 0.3) is 0 Å². The zero-order valence-corrected chi connectivity index (χ0v) is 20.8. The highest BCUT2D eigenvalue weighted by atomic mass is 32.2. The largest absolute Gasteiger partial charge is 0.378 e. The Bertz CT molecular complexity index is 1070. The first-order valence-electron chi connectivity index (χ1n) is 11.9. The number of anilines is 2. The molecule has 1 N–H and O–H groups in total. The number of nitrogens with one attached hydrogen (secondary N) is 1. The van der Waals surface area contributed by atoms with E-state index in [1.54, 1.807) is 12.1 Å². The molecule has 2 heterocycles. The normalized spacial score (nSPS) is 18.3. The summed E-state index contributed by atoms with van der Waals surface area (Å²) in [5.74, 6) is 0.258. The number of benzene rings is 2. The lowest BCUT2D eigenvalue weighted by Crippen LogP contribution is -2.50. The minimum Gasteiger partial charge on any atom is -0.378 e. The van der Waals surface area contributed by atoms with E-state index in [9.17, 15) is 13.2 Å². The first kappa shape index (κ1) is 24.7. The molecule has 0 spiro atoms. The van der Waals surface area contributed by atoms with Crippen LogP contribution >= 0.6 is 0 Å². The molecule has 8 nitrogen and oxygen atoms in total. The Labute approximate surface area is 202 Å². The van der Waals surface area contributed by atoms with Gasteiger partial charge in [0.2, 0.25) is 15.9 Å². The summed E-state index contributed by atoms with van der Waals surface area (Å²) in [6, 6.07) is 15.0. The van der Waals surface area contributed by atoms with E-state index in [0.29, 0.717) is 50.2 Å². The van der Waals surface area contributed by atoms with Crippen LogP contribution in [0.3, 0.4) is 0 Å². The third-order valence-corrected chi connectivity index (χ3v) is 8.33. The van der Waals surface area contributed by atoms with Crippen molar-refractivity contribution < 1.29 is 17.9 Å². The molecule has 0 aliphatic carbocycles. The van der Waals surface area contributed by atoms with Crippen LogP contribution in [-0.4, -0.2) is 82.6 Å². The molecule has 4 rings (SSSR count). The van der Waals surface area contributed by atoms with Crippen LogP contribution in [0.15, 0.2) is 53.4 Å². The average Bonchev–Trinajstić information content (AvgIpc) is 2.85. The predicted molar refractivity (Wildman–Crippen MR) is 134 cm³/mol. The highest BCUT2D eigenvalue weighted by Gasteiger charge is 2.29. The molecule has 184 valence electrons. The van der Waals surface area contributed by atoms with E-state index in [0.717, 1.165) is 30.0 Å². The maximum atomic E-state index is 13.0. The van der Waals surface area contributed by atoms with Gasteiger partial charge in [-0.05, 0) is 35.7 Å². The summed E-state index contributed by atoms with van der Waals surface area (Å²) >= 11 is 0. The number of morpholine rings is 1. The Kier molecular flexibility index (Phi) is 7.88. The van der Waals surface area contributed by atoms with Crippen molar-refractivity contribution in [3.8, 4) is 0 Å². The molecule has 1 amide bonds. The Hall–Kier alpha value is -2.46. The molecule has 0 saturated carbocycles. The standard InChI is InChI=1S/C25H34N4O4S/c1-20(2)21-7-9-22(10-8-21)34(31,32)29-13-11-27(12-14-29)19-25(30)26-23-5-3-4-6-24(23)28-15-17-33-18-16-28/h3-10,20H,11-19H2,1-2H3,(H,26,30). The van der Waals surface area contributed by atoms with Crippen LogP contribution in [0.25, 0.3) is 0 Å². The fourth-order valence-corrected chi connectivity index (χ4v) is 5.78. The predicted octanol–water partition coefficient (Wildman–Crippen LogP) is 2.59. The molecule has 2 aromatic carbocycles. The number of ether oxygens (including phenoxy) is 1. The number of amides is 1. The third kappa shape index (κ3) is 5.78. The Morgan fingerprint density at radius 1 is 0.941 bits per heavy atom. The molecule has 34 heavy (non-hydrogen) atoms. The minimum atomic E-state index is -3.53.